The van der Waals surface area contributed by atoms with Gasteiger partial charge >= 0.3 is 5.69 Å². The number of aromatic nitrogens is 4. The second-order valence-corrected chi connectivity index (χ2v) is 7.36. The van der Waals surface area contributed by atoms with Crippen LogP contribution in [-0.2, 0) is 11.3 Å². The zero-order valence-corrected chi connectivity index (χ0v) is 15.8. The molecular weight excluding hydrogens is 352 g/mol. The number of aryl methyl sites for hydroxylation is 1. The van der Waals surface area contributed by atoms with Crippen molar-refractivity contribution in [2.45, 2.75) is 32.4 Å². The number of imidazole rings is 1. The lowest BCUT2D eigenvalue weighted by molar-refractivity contribution is 0.0696. The van der Waals surface area contributed by atoms with E-state index in [1.807, 2.05) is 33.5 Å². The lowest BCUT2D eigenvalue weighted by Crippen LogP contribution is -2.31. The summed E-state index contributed by atoms with van der Waals surface area (Å²) in [6, 6.07) is 10.3. The van der Waals surface area contributed by atoms with Gasteiger partial charge in [-0.3, -0.25) is 19.1 Å². The molecule has 1 aliphatic rings. The summed E-state index contributed by atoms with van der Waals surface area (Å²) in [7, 11) is 0. The maximum atomic E-state index is 13.4. The first-order chi connectivity index (χ1) is 13.7. The smallest absolute Gasteiger partial charge is 0.329 e. The van der Waals surface area contributed by atoms with Gasteiger partial charge in [0.05, 0.1) is 29.5 Å². The monoisotopic (exact) mass is 374 g/mol. The highest BCUT2D eigenvalue weighted by atomic mass is 16.5. The third kappa shape index (κ3) is 2.72. The van der Waals surface area contributed by atoms with Crippen molar-refractivity contribution in [3.05, 3.63) is 70.7 Å². The Morgan fingerprint density at radius 3 is 2.79 bits per heavy atom. The van der Waals surface area contributed by atoms with Crippen LogP contribution in [0.5, 0.6) is 0 Å². The van der Waals surface area contributed by atoms with Crippen LogP contribution in [0.3, 0.4) is 0 Å². The van der Waals surface area contributed by atoms with Gasteiger partial charge in [-0.25, -0.2) is 4.79 Å². The Morgan fingerprint density at radius 2 is 1.93 bits per heavy atom. The van der Waals surface area contributed by atoms with E-state index in [-0.39, 0.29) is 11.7 Å². The van der Waals surface area contributed by atoms with E-state index in [9.17, 15) is 4.79 Å². The molecule has 0 aliphatic carbocycles. The van der Waals surface area contributed by atoms with Crippen LogP contribution in [0.1, 0.15) is 30.1 Å². The van der Waals surface area contributed by atoms with Crippen LogP contribution in [0.25, 0.3) is 21.8 Å². The summed E-state index contributed by atoms with van der Waals surface area (Å²) >= 11 is 0. The van der Waals surface area contributed by atoms with Crippen molar-refractivity contribution < 1.29 is 4.74 Å². The van der Waals surface area contributed by atoms with Crippen LogP contribution in [0.15, 0.2) is 53.7 Å². The highest BCUT2D eigenvalue weighted by Crippen LogP contribution is 2.25. The fourth-order valence-corrected chi connectivity index (χ4v) is 4.24. The zero-order chi connectivity index (χ0) is 19.1. The summed E-state index contributed by atoms with van der Waals surface area (Å²) in [6.07, 6.45) is 7.13. The van der Waals surface area contributed by atoms with Gasteiger partial charge in [0, 0.05) is 37.0 Å². The molecule has 1 aliphatic heterocycles. The Kier molecular flexibility index (Phi) is 4.20. The van der Waals surface area contributed by atoms with Crippen LogP contribution >= 0.6 is 0 Å². The molecule has 0 bridgehead atoms. The minimum atomic E-state index is 0.00394. The third-order valence-electron chi connectivity index (χ3n) is 5.79. The van der Waals surface area contributed by atoms with Gasteiger partial charge in [-0.05, 0) is 36.8 Å². The molecule has 6 nitrogen and oxygen atoms in total. The van der Waals surface area contributed by atoms with Crippen molar-refractivity contribution in [1.29, 1.82) is 0 Å². The molecular formula is C22H22N4O2. The maximum Gasteiger partial charge on any atom is 0.329 e. The Bertz CT molecular complexity index is 1220. The number of benzene rings is 1. The fourth-order valence-electron chi connectivity index (χ4n) is 4.24. The molecule has 1 fully saturated rings. The van der Waals surface area contributed by atoms with Crippen LogP contribution < -0.4 is 5.69 Å². The molecule has 0 spiro atoms. The van der Waals surface area contributed by atoms with Crippen LogP contribution in [-0.4, -0.2) is 32.3 Å². The predicted molar refractivity (Wildman–Crippen MR) is 109 cm³/mol. The Morgan fingerprint density at radius 1 is 1.11 bits per heavy atom. The fraction of sp³-hybridized carbons (Fsp3) is 0.318. The van der Waals surface area contributed by atoms with E-state index in [1.54, 1.807) is 12.4 Å². The molecule has 4 heterocycles. The van der Waals surface area contributed by atoms with Gasteiger partial charge < -0.3 is 4.74 Å². The molecule has 28 heavy (non-hydrogen) atoms. The topological polar surface area (TPSA) is 61.9 Å². The lowest BCUT2D eigenvalue weighted by atomic mass is 10.1. The van der Waals surface area contributed by atoms with Crippen LogP contribution in [0.2, 0.25) is 0 Å². The molecule has 5 rings (SSSR count). The van der Waals surface area contributed by atoms with Gasteiger partial charge in [0.15, 0.2) is 0 Å². The molecule has 0 amide bonds. The predicted octanol–water partition coefficient (Wildman–Crippen LogP) is 3.45. The zero-order valence-electron chi connectivity index (χ0n) is 15.8. The van der Waals surface area contributed by atoms with E-state index in [0.717, 1.165) is 40.5 Å². The Labute approximate surface area is 162 Å². The molecule has 1 saturated heterocycles. The van der Waals surface area contributed by atoms with Gasteiger partial charge in [0.25, 0.3) is 0 Å². The average molecular weight is 374 g/mol. The van der Waals surface area contributed by atoms with E-state index in [1.165, 1.54) is 5.39 Å². The quantitative estimate of drug-likeness (QED) is 0.551. The Hall–Kier alpha value is -2.99. The third-order valence-corrected chi connectivity index (χ3v) is 5.79. The first-order valence-electron chi connectivity index (χ1n) is 9.70. The summed E-state index contributed by atoms with van der Waals surface area (Å²) in [4.78, 5) is 22.3. The van der Waals surface area contributed by atoms with Gasteiger partial charge in [-0.15, -0.1) is 0 Å². The lowest BCUT2D eigenvalue weighted by Gasteiger charge is -2.23. The second kappa shape index (κ2) is 6.87. The number of nitrogens with zero attached hydrogens (tertiary/aromatic N) is 4. The van der Waals surface area contributed by atoms with Gasteiger partial charge in [0.1, 0.15) is 0 Å². The molecule has 0 N–H and O–H groups in total. The molecule has 0 atom stereocenters. The molecule has 0 radical (unpaired) electrons. The normalized spacial score (nSPS) is 15.5. The van der Waals surface area contributed by atoms with Crippen LogP contribution in [0, 0.1) is 6.92 Å². The number of pyridine rings is 2. The van der Waals surface area contributed by atoms with Crippen LogP contribution in [0.4, 0.5) is 0 Å². The molecule has 0 unspecified atom stereocenters. The van der Waals surface area contributed by atoms with E-state index >= 15 is 0 Å². The van der Waals surface area contributed by atoms with E-state index in [2.05, 4.69) is 29.0 Å². The number of rotatable bonds is 3. The van der Waals surface area contributed by atoms with E-state index in [4.69, 9.17) is 4.74 Å². The number of hydrogen-bond donors (Lipinski definition) is 0. The minimum absolute atomic E-state index is 0.00394. The summed E-state index contributed by atoms with van der Waals surface area (Å²) in [6.45, 7) is 3.90. The van der Waals surface area contributed by atoms with Gasteiger partial charge in [0.2, 0.25) is 0 Å². The van der Waals surface area contributed by atoms with Gasteiger partial charge in [-0.1, -0.05) is 24.3 Å². The number of hydrogen-bond acceptors (Lipinski definition) is 4. The molecule has 3 aromatic heterocycles. The molecule has 0 saturated carbocycles. The summed E-state index contributed by atoms with van der Waals surface area (Å²) < 4.78 is 9.22. The SMILES string of the molecule is Cc1c(Cn2c(=O)n(C3CCOCC3)c3ccncc32)ncc2ccccc12. The van der Waals surface area contributed by atoms with Crippen molar-refractivity contribution in [3.63, 3.8) is 0 Å². The average Bonchev–Trinajstić information content (AvgIpc) is 3.02. The standard InChI is InChI=1S/C22H22N4O2/c1-15-18-5-3-2-4-16(18)12-24-19(15)14-25-21-13-23-9-6-20(21)26(22(25)27)17-7-10-28-11-8-17/h2-6,9,12-13,17H,7-8,10-11,14H2,1H3. The highest BCUT2D eigenvalue weighted by Gasteiger charge is 2.23. The summed E-state index contributed by atoms with van der Waals surface area (Å²) in [5.74, 6) is 0. The van der Waals surface area contributed by atoms with Crippen molar-refractivity contribution in [3.8, 4) is 0 Å². The van der Waals surface area contributed by atoms with Gasteiger partial charge in [-0.2, -0.15) is 0 Å². The summed E-state index contributed by atoms with van der Waals surface area (Å²) in [5.41, 5.74) is 3.82. The molecule has 142 valence electrons. The largest absolute Gasteiger partial charge is 0.381 e. The second-order valence-electron chi connectivity index (χ2n) is 7.36. The minimum Gasteiger partial charge on any atom is -0.381 e. The first kappa shape index (κ1) is 17.1. The highest BCUT2D eigenvalue weighted by molar-refractivity contribution is 5.85. The maximum absolute atomic E-state index is 13.4. The molecule has 1 aromatic carbocycles. The summed E-state index contributed by atoms with van der Waals surface area (Å²) in [5, 5.41) is 2.29. The van der Waals surface area contributed by atoms with Crippen molar-refractivity contribution in [2.75, 3.05) is 13.2 Å². The van der Waals surface area contributed by atoms with Crippen molar-refractivity contribution in [1.82, 2.24) is 19.1 Å². The molecule has 6 heteroatoms. The molecule has 4 aromatic rings. The van der Waals surface area contributed by atoms with Crippen molar-refractivity contribution in [2.24, 2.45) is 0 Å². The Balaban J connectivity index is 1.65. The number of fused-ring (bicyclic) bond motifs is 2. The van der Waals surface area contributed by atoms with E-state index in [0.29, 0.717) is 19.8 Å². The van der Waals surface area contributed by atoms with E-state index < -0.39 is 0 Å². The van der Waals surface area contributed by atoms with Crippen molar-refractivity contribution >= 4 is 21.8 Å². The number of ether oxygens (including phenoxy) is 1. The first-order valence-corrected chi connectivity index (χ1v) is 9.70.